The van der Waals surface area contributed by atoms with Crippen molar-refractivity contribution in [2.24, 2.45) is 5.41 Å². The third-order valence-electron chi connectivity index (χ3n) is 2.83. The average molecular weight is 217 g/mol. The van der Waals surface area contributed by atoms with E-state index in [0.717, 1.165) is 12.4 Å². The molecule has 1 aromatic rings. The summed E-state index contributed by atoms with van der Waals surface area (Å²) in [6.07, 6.45) is 3.97. The number of nitrogens with zero attached hydrogens (tertiary/aromatic N) is 1. The van der Waals surface area contributed by atoms with Crippen LogP contribution in [0.3, 0.4) is 0 Å². The van der Waals surface area contributed by atoms with Crippen LogP contribution in [0, 0.1) is 5.41 Å². The maximum Gasteiger partial charge on any atom is 0.185 e. The molecule has 1 saturated carbocycles. The van der Waals surface area contributed by atoms with Crippen molar-refractivity contribution >= 4 is 28.8 Å². The van der Waals surface area contributed by atoms with Gasteiger partial charge in [-0.1, -0.05) is 18.5 Å². The summed E-state index contributed by atoms with van der Waals surface area (Å²) in [4.78, 5) is 4.15. The first-order chi connectivity index (χ1) is 6.24. The lowest BCUT2D eigenvalue weighted by atomic mass is 10.0. The van der Waals surface area contributed by atoms with Gasteiger partial charge in [-0.2, -0.15) is 0 Å². The molecule has 2 nitrogen and oxygen atoms in total. The van der Waals surface area contributed by atoms with Crippen LogP contribution in [-0.4, -0.2) is 11.5 Å². The van der Waals surface area contributed by atoms with Crippen molar-refractivity contribution < 1.29 is 0 Å². The van der Waals surface area contributed by atoms with Crippen molar-refractivity contribution in [2.45, 2.75) is 26.2 Å². The smallest absolute Gasteiger partial charge is 0.185 e. The van der Waals surface area contributed by atoms with Crippen LogP contribution in [0.2, 0.25) is 4.47 Å². The molecule has 1 fully saturated rings. The predicted molar refractivity (Wildman–Crippen MR) is 57.6 cm³/mol. The van der Waals surface area contributed by atoms with E-state index in [1.54, 1.807) is 0 Å². The van der Waals surface area contributed by atoms with Crippen molar-refractivity contribution in [3.05, 3.63) is 9.85 Å². The molecule has 0 atom stereocenters. The van der Waals surface area contributed by atoms with Crippen molar-refractivity contribution in [1.29, 1.82) is 0 Å². The maximum atomic E-state index is 5.73. The molecule has 1 N–H and O–H groups in total. The average Bonchev–Trinajstić information content (AvgIpc) is 2.81. The van der Waals surface area contributed by atoms with Gasteiger partial charge in [0.25, 0.3) is 0 Å². The summed E-state index contributed by atoms with van der Waals surface area (Å²) in [6.45, 7) is 3.30. The summed E-state index contributed by atoms with van der Waals surface area (Å²) >= 11 is 7.20. The molecule has 72 valence electrons. The highest BCUT2D eigenvalue weighted by molar-refractivity contribution is 7.14. The summed E-state index contributed by atoms with van der Waals surface area (Å²) < 4.78 is 0.615. The van der Waals surface area contributed by atoms with E-state index in [1.165, 1.54) is 30.6 Å². The van der Waals surface area contributed by atoms with Crippen LogP contribution in [0.15, 0.2) is 5.38 Å². The van der Waals surface area contributed by atoms with Gasteiger partial charge in [-0.15, -0.1) is 11.3 Å². The lowest BCUT2D eigenvalue weighted by Gasteiger charge is -2.12. The Hall–Kier alpha value is -0.280. The Kier molecular flexibility index (Phi) is 2.47. The Morgan fingerprint density at radius 3 is 2.92 bits per heavy atom. The number of aromatic nitrogens is 1. The Labute approximate surface area is 87.3 Å². The van der Waals surface area contributed by atoms with E-state index in [4.69, 9.17) is 11.6 Å². The molecule has 0 spiro atoms. The summed E-state index contributed by atoms with van der Waals surface area (Å²) in [5.41, 5.74) is 0.566. The summed E-state index contributed by atoms with van der Waals surface area (Å²) in [5.74, 6) is 0.926. The van der Waals surface area contributed by atoms with Crippen molar-refractivity contribution in [3.63, 3.8) is 0 Å². The number of rotatable bonds is 4. The number of thiazole rings is 1. The minimum Gasteiger partial charge on any atom is -0.369 e. The molecule has 0 radical (unpaired) electrons. The molecule has 1 aromatic heterocycles. The van der Waals surface area contributed by atoms with E-state index in [1.807, 2.05) is 5.38 Å². The Morgan fingerprint density at radius 2 is 2.46 bits per heavy atom. The first-order valence-electron chi connectivity index (χ1n) is 4.59. The molecule has 0 aliphatic heterocycles. The van der Waals surface area contributed by atoms with Crippen molar-refractivity contribution in [3.8, 4) is 0 Å². The quantitative estimate of drug-likeness (QED) is 0.835. The second kappa shape index (κ2) is 3.46. The van der Waals surface area contributed by atoms with Gasteiger partial charge in [0.1, 0.15) is 5.82 Å². The van der Waals surface area contributed by atoms with Crippen LogP contribution < -0.4 is 5.32 Å². The summed E-state index contributed by atoms with van der Waals surface area (Å²) in [6, 6.07) is 0. The van der Waals surface area contributed by atoms with Crippen LogP contribution >= 0.6 is 22.9 Å². The lowest BCUT2D eigenvalue weighted by Crippen LogP contribution is -2.14. The number of nitrogens with one attached hydrogen (secondary N) is 1. The van der Waals surface area contributed by atoms with Gasteiger partial charge in [-0.25, -0.2) is 4.98 Å². The number of anilines is 1. The van der Waals surface area contributed by atoms with Crippen molar-refractivity contribution in [2.75, 3.05) is 11.9 Å². The van der Waals surface area contributed by atoms with E-state index < -0.39 is 0 Å². The normalized spacial score (nSPS) is 18.6. The zero-order valence-corrected chi connectivity index (χ0v) is 9.21. The molecule has 4 heteroatoms. The molecule has 2 rings (SSSR count). The SMILES string of the molecule is CCC1(CNc2csc(Cl)n2)CC1. The molecule has 1 heterocycles. The van der Waals surface area contributed by atoms with Crippen LogP contribution in [-0.2, 0) is 0 Å². The predicted octanol–water partition coefficient (Wildman–Crippen LogP) is 3.40. The highest BCUT2D eigenvalue weighted by Crippen LogP contribution is 2.48. The lowest BCUT2D eigenvalue weighted by molar-refractivity contribution is 0.521. The van der Waals surface area contributed by atoms with E-state index in [-0.39, 0.29) is 0 Å². The first-order valence-corrected chi connectivity index (χ1v) is 5.85. The first kappa shape index (κ1) is 9.28. The van der Waals surface area contributed by atoms with Gasteiger partial charge in [0.05, 0.1) is 0 Å². The maximum absolute atomic E-state index is 5.73. The van der Waals surface area contributed by atoms with Crippen LogP contribution in [0.5, 0.6) is 0 Å². The van der Waals surface area contributed by atoms with Crippen LogP contribution in [0.4, 0.5) is 5.82 Å². The van der Waals surface area contributed by atoms with Crippen molar-refractivity contribution in [1.82, 2.24) is 4.98 Å². The molecule has 0 aromatic carbocycles. The van der Waals surface area contributed by atoms with Gasteiger partial charge >= 0.3 is 0 Å². The van der Waals surface area contributed by atoms with E-state index in [0.29, 0.717) is 9.88 Å². The third kappa shape index (κ3) is 2.15. The van der Waals surface area contributed by atoms with E-state index >= 15 is 0 Å². The highest BCUT2D eigenvalue weighted by atomic mass is 35.5. The van der Waals surface area contributed by atoms with Crippen LogP contribution in [0.1, 0.15) is 26.2 Å². The highest BCUT2D eigenvalue weighted by Gasteiger charge is 2.40. The standard InChI is InChI=1S/C9H13ClN2S/c1-2-9(3-4-9)6-11-7-5-13-8(10)12-7/h5,11H,2-4,6H2,1H3. The topological polar surface area (TPSA) is 24.9 Å². The molecule has 0 bridgehead atoms. The van der Waals surface area contributed by atoms with Gasteiger partial charge in [0.15, 0.2) is 4.47 Å². The fraction of sp³-hybridized carbons (Fsp3) is 0.667. The van der Waals surface area contributed by atoms with Gasteiger partial charge in [0.2, 0.25) is 0 Å². The summed E-state index contributed by atoms with van der Waals surface area (Å²) in [5, 5.41) is 5.30. The molecular weight excluding hydrogens is 204 g/mol. The monoisotopic (exact) mass is 216 g/mol. The second-order valence-electron chi connectivity index (χ2n) is 3.69. The van der Waals surface area contributed by atoms with E-state index in [9.17, 15) is 0 Å². The Morgan fingerprint density at radius 1 is 1.69 bits per heavy atom. The molecule has 0 saturated heterocycles. The molecule has 0 unspecified atom stereocenters. The minimum absolute atomic E-state index is 0.566. The third-order valence-corrected chi connectivity index (χ3v) is 3.81. The van der Waals surface area contributed by atoms with Gasteiger partial charge in [0, 0.05) is 11.9 Å². The molecule has 1 aliphatic carbocycles. The molecular formula is C9H13ClN2S. The number of hydrogen-bond donors (Lipinski definition) is 1. The van der Waals surface area contributed by atoms with Gasteiger partial charge < -0.3 is 5.32 Å². The molecule has 0 amide bonds. The fourth-order valence-corrected chi connectivity index (χ4v) is 2.16. The van der Waals surface area contributed by atoms with E-state index in [2.05, 4.69) is 17.2 Å². The molecule has 13 heavy (non-hydrogen) atoms. The largest absolute Gasteiger partial charge is 0.369 e. The number of halogens is 1. The van der Waals surface area contributed by atoms with Gasteiger partial charge in [-0.05, 0) is 24.7 Å². The number of hydrogen-bond acceptors (Lipinski definition) is 3. The summed E-state index contributed by atoms with van der Waals surface area (Å²) in [7, 11) is 0. The zero-order chi connectivity index (χ0) is 9.31. The minimum atomic E-state index is 0.566. The second-order valence-corrected chi connectivity index (χ2v) is 5.13. The Bertz CT molecular complexity index is 294. The van der Waals surface area contributed by atoms with Crippen LogP contribution in [0.25, 0.3) is 0 Å². The Balaban J connectivity index is 1.86. The zero-order valence-electron chi connectivity index (χ0n) is 7.64. The molecule has 1 aliphatic rings. The van der Waals surface area contributed by atoms with Gasteiger partial charge in [-0.3, -0.25) is 0 Å². The fourth-order valence-electron chi connectivity index (χ4n) is 1.44.